The van der Waals surface area contributed by atoms with Crippen molar-refractivity contribution in [3.63, 3.8) is 0 Å². The van der Waals surface area contributed by atoms with E-state index in [1.54, 1.807) is 0 Å². The van der Waals surface area contributed by atoms with Crippen LogP contribution in [-0.2, 0) is 23.8 Å². The largest absolute Gasteiger partial charge is 0.507 e. The zero-order valence-corrected chi connectivity index (χ0v) is 29.4. The summed E-state index contributed by atoms with van der Waals surface area (Å²) in [6, 6.07) is 21.5. The number of hydrogen-bond donors (Lipinski definition) is 3. The Kier molecular flexibility index (Phi) is 14.2. The summed E-state index contributed by atoms with van der Waals surface area (Å²) in [5.41, 5.74) is 7.92. The summed E-state index contributed by atoms with van der Waals surface area (Å²) in [5, 5.41) is 18.1. The summed E-state index contributed by atoms with van der Waals surface area (Å²) in [5.74, 6) is 1.08. The maximum absolute atomic E-state index is 11.0. The van der Waals surface area contributed by atoms with Crippen molar-refractivity contribution < 1.29 is 5.11 Å². The van der Waals surface area contributed by atoms with Crippen molar-refractivity contribution in [2.45, 2.75) is 127 Å². The molecule has 0 aliphatic carbocycles. The molecule has 0 radical (unpaired) electrons. The van der Waals surface area contributed by atoms with Crippen LogP contribution >= 0.6 is 0 Å². The van der Waals surface area contributed by atoms with Gasteiger partial charge in [0.1, 0.15) is 5.75 Å². The van der Waals surface area contributed by atoms with Crippen LogP contribution in [0.2, 0.25) is 0 Å². The van der Waals surface area contributed by atoms with Gasteiger partial charge in [0.2, 0.25) is 0 Å². The van der Waals surface area contributed by atoms with Gasteiger partial charge in [0.05, 0.1) is 0 Å². The van der Waals surface area contributed by atoms with E-state index in [0.29, 0.717) is 23.6 Å². The molecule has 0 heterocycles. The quantitative estimate of drug-likeness (QED) is 0.251. The molecule has 0 saturated carbocycles. The van der Waals surface area contributed by atoms with Crippen molar-refractivity contribution >= 4 is 17.1 Å². The molecule has 234 valence electrons. The summed E-state index contributed by atoms with van der Waals surface area (Å²) in [6.07, 6.45) is 2.32. The van der Waals surface area contributed by atoms with Gasteiger partial charge in [-0.2, -0.15) is 0 Å². The molecule has 3 aromatic rings. The van der Waals surface area contributed by atoms with Crippen LogP contribution in [0.3, 0.4) is 0 Å². The molecule has 0 saturated heterocycles. The van der Waals surface area contributed by atoms with E-state index in [4.69, 9.17) is 0 Å². The number of benzene rings is 3. The molecule has 0 spiro atoms. The predicted octanol–water partition coefficient (Wildman–Crippen LogP) is 12.0. The van der Waals surface area contributed by atoms with Gasteiger partial charge in [0, 0.05) is 23.6 Å². The van der Waals surface area contributed by atoms with Gasteiger partial charge in [-0.15, -0.1) is 0 Å². The van der Waals surface area contributed by atoms with E-state index in [2.05, 4.69) is 141 Å². The smallest absolute Gasteiger partial charge is 0.123 e. The fraction of sp³-hybridized carbons (Fsp3) is 0.538. The Labute approximate surface area is 259 Å². The lowest BCUT2D eigenvalue weighted by molar-refractivity contribution is 0.306. The molecular weight excluding hydrogens is 512 g/mol. The highest BCUT2D eigenvalue weighted by Crippen LogP contribution is 2.40. The second kappa shape index (κ2) is 16.1. The van der Waals surface area contributed by atoms with Crippen LogP contribution in [0.4, 0.5) is 17.1 Å². The zero-order chi connectivity index (χ0) is 32.3. The van der Waals surface area contributed by atoms with Gasteiger partial charge in [-0.05, 0) is 106 Å². The number of hydrogen-bond acceptors (Lipinski definition) is 3. The molecule has 3 heteroatoms. The maximum Gasteiger partial charge on any atom is 0.123 e. The first-order valence-electron chi connectivity index (χ1n) is 16.1. The first-order chi connectivity index (χ1) is 19.5. The molecule has 0 aromatic heterocycles. The zero-order valence-electron chi connectivity index (χ0n) is 29.4. The molecule has 3 aromatic carbocycles. The average Bonchev–Trinajstić information content (AvgIpc) is 2.89. The third-order valence-electron chi connectivity index (χ3n) is 6.93. The predicted molar refractivity (Wildman–Crippen MR) is 189 cm³/mol. The number of phenolic OH excluding ortho intramolecular Hbond substituents is 1. The summed E-state index contributed by atoms with van der Waals surface area (Å²) in [6.45, 7) is 30.9. The van der Waals surface area contributed by atoms with Gasteiger partial charge < -0.3 is 15.7 Å². The van der Waals surface area contributed by atoms with Crippen molar-refractivity contribution in [2.24, 2.45) is 11.3 Å². The Hall–Kier alpha value is -2.94. The molecular formula is C39H62N2O. The maximum atomic E-state index is 11.0. The number of rotatable bonds is 8. The molecule has 3 rings (SSSR count). The number of aromatic hydroxyl groups is 1. The molecule has 42 heavy (non-hydrogen) atoms. The van der Waals surface area contributed by atoms with Crippen molar-refractivity contribution in [3.05, 3.63) is 82.9 Å². The highest BCUT2D eigenvalue weighted by molar-refractivity contribution is 5.63. The lowest BCUT2D eigenvalue weighted by atomic mass is 9.78. The van der Waals surface area contributed by atoms with Gasteiger partial charge >= 0.3 is 0 Å². The van der Waals surface area contributed by atoms with Gasteiger partial charge in [-0.1, -0.05) is 109 Å². The first-order valence-corrected chi connectivity index (χ1v) is 16.1. The second-order valence-corrected chi connectivity index (χ2v) is 14.4. The van der Waals surface area contributed by atoms with Crippen LogP contribution in [0.25, 0.3) is 0 Å². The van der Waals surface area contributed by atoms with Crippen molar-refractivity contribution in [1.82, 2.24) is 0 Å². The van der Waals surface area contributed by atoms with E-state index in [1.165, 1.54) is 17.5 Å². The summed E-state index contributed by atoms with van der Waals surface area (Å²) in [4.78, 5) is 0. The SMILES string of the molecule is CC.CC.CC(Cc1cccc(Nc2ccc(NCc3cc(C(C)(C)C)c(O)c(C(C)(C)C)c3)cc2)c1)CC(C)(C)C. The van der Waals surface area contributed by atoms with E-state index in [9.17, 15) is 5.11 Å². The van der Waals surface area contributed by atoms with Crippen molar-refractivity contribution in [2.75, 3.05) is 10.6 Å². The second-order valence-electron chi connectivity index (χ2n) is 14.4. The minimum absolute atomic E-state index is 0.130. The Morgan fingerprint density at radius 3 is 1.62 bits per heavy atom. The minimum atomic E-state index is -0.130. The standard InChI is InChI=1S/C35H50N2O.2C2H6/c1-24(22-33(2,3)4)18-25-12-11-13-29(19-25)37-28-16-14-27(15-17-28)36-23-26-20-30(34(5,6)7)32(38)31(21-26)35(8,9)10;2*1-2/h11-17,19-21,24,36-38H,18,22-23H2,1-10H3;2*1-2H3. The van der Waals surface area contributed by atoms with Gasteiger partial charge in [-0.3, -0.25) is 0 Å². The lowest BCUT2D eigenvalue weighted by Gasteiger charge is -2.28. The van der Waals surface area contributed by atoms with Crippen molar-refractivity contribution in [1.29, 1.82) is 0 Å². The summed E-state index contributed by atoms with van der Waals surface area (Å²) in [7, 11) is 0. The monoisotopic (exact) mass is 574 g/mol. The number of phenols is 1. The van der Waals surface area contributed by atoms with Crippen LogP contribution < -0.4 is 10.6 Å². The van der Waals surface area contributed by atoms with Crippen LogP contribution in [0.15, 0.2) is 60.7 Å². The number of nitrogens with one attached hydrogen (secondary N) is 2. The fourth-order valence-electron chi connectivity index (χ4n) is 5.28. The fourth-order valence-corrected chi connectivity index (χ4v) is 5.28. The van der Waals surface area contributed by atoms with Crippen LogP contribution in [-0.4, -0.2) is 5.11 Å². The van der Waals surface area contributed by atoms with Crippen molar-refractivity contribution in [3.8, 4) is 5.75 Å². The molecule has 0 amide bonds. The van der Waals surface area contributed by atoms with Gasteiger partial charge in [0.25, 0.3) is 0 Å². The highest BCUT2D eigenvalue weighted by Gasteiger charge is 2.26. The first kappa shape index (κ1) is 37.1. The molecule has 1 unspecified atom stereocenters. The highest BCUT2D eigenvalue weighted by atomic mass is 16.3. The van der Waals surface area contributed by atoms with Crippen LogP contribution in [0.5, 0.6) is 5.75 Å². The van der Waals surface area contributed by atoms with Gasteiger partial charge in [-0.25, -0.2) is 0 Å². The lowest BCUT2D eigenvalue weighted by Crippen LogP contribution is -2.18. The van der Waals surface area contributed by atoms with Crippen LogP contribution in [0.1, 0.15) is 126 Å². The third kappa shape index (κ3) is 12.1. The Morgan fingerprint density at radius 2 is 1.14 bits per heavy atom. The topological polar surface area (TPSA) is 44.3 Å². The van der Waals surface area contributed by atoms with E-state index in [1.807, 2.05) is 27.7 Å². The van der Waals surface area contributed by atoms with Crippen LogP contribution in [0, 0.1) is 11.3 Å². The molecule has 0 bridgehead atoms. The normalized spacial score (nSPS) is 12.3. The molecule has 1 atom stereocenters. The Morgan fingerprint density at radius 1 is 0.643 bits per heavy atom. The van der Waals surface area contributed by atoms with E-state index in [0.717, 1.165) is 34.6 Å². The molecule has 3 N–H and O–H groups in total. The molecule has 3 nitrogen and oxygen atoms in total. The summed E-state index contributed by atoms with van der Waals surface area (Å²) < 4.78 is 0. The molecule has 0 aliphatic rings. The molecule has 0 aliphatic heterocycles. The summed E-state index contributed by atoms with van der Waals surface area (Å²) >= 11 is 0. The van der Waals surface area contributed by atoms with E-state index < -0.39 is 0 Å². The van der Waals surface area contributed by atoms with E-state index in [-0.39, 0.29) is 10.8 Å². The van der Waals surface area contributed by atoms with Gasteiger partial charge in [0.15, 0.2) is 0 Å². The van der Waals surface area contributed by atoms with E-state index >= 15 is 0 Å². The average molecular weight is 575 g/mol. The number of anilines is 3. The Balaban J connectivity index is 0.00000211. The third-order valence-corrected chi connectivity index (χ3v) is 6.93. The minimum Gasteiger partial charge on any atom is -0.507 e. The Bertz CT molecular complexity index is 1170. The molecule has 0 fully saturated rings.